The number of amides is 1. The first kappa shape index (κ1) is 22.2. The van der Waals surface area contributed by atoms with Crippen molar-refractivity contribution in [2.75, 3.05) is 31.1 Å². The molecule has 0 spiro atoms. The average Bonchev–Trinajstić information content (AvgIpc) is 2.86. The molecule has 1 aromatic heterocycles. The lowest BCUT2D eigenvalue weighted by atomic mass is 10.0. The van der Waals surface area contributed by atoms with Crippen LogP contribution in [0.25, 0.3) is 22.0 Å². The first-order valence-electron chi connectivity index (χ1n) is 11.3. The van der Waals surface area contributed by atoms with E-state index in [2.05, 4.69) is 16.9 Å². The molecule has 34 heavy (non-hydrogen) atoms. The minimum atomic E-state index is -0.287. The second-order valence-corrected chi connectivity index (χ2v) is 8.98. The maximum absolute atomic E-state index is 13.0. The number of fused-ring (bicyclic) bond motifs is 1. The summed E-state index contributed by atoms with van der Waals surface area (Å²) in [6.07, 6.45) is 0. The molecule has 5 rings (SSSR count). The van der Waals surface area contributed by atoms with E-state index in [1.54, 1.807) is 11.0 Å². The summed E-state index contributed by atoms with van der Waals surface area (Å²) < 4.78 is 1.27. The van der Waals surface area contributed by atoms with Crippen molar-refractivity contribution in [3.05, 3.63) is 93.7 Å². The molecule has 172 valence electrons. The van der Waals surface area contributed by atoms with E-state index < -0.39 is 0 Å². The van der Waals surface area contributed by atoms with Crippen LogP contribution in [-0.4, -0.2) is 46.8 Å². The fraction of sp³-hybridized carbons (Fsp3) is 0.222. The number of carbonyl (C=O) groups is 1. The van der Waals surface area contributed by atoms with Gasteiger partial charge in [0.2, 0.25) is 5.91 Å². The molecule has 0 saturated carbocycles. The Hall–Kier alpha value is -3.64. The van der Waals surface area contributed by atoms with Crippen LogP contribution in [0, 0.1) is 6.92 Å². The molecular weight excluding hydrogens is 448 g/mol. The first-order chi connectivity index (χ1) is 16.5. The SMILES string of the molecule is Cc1ccc(Cl)cc1N1CCN(C(=O)Cn2nc(-c3cccc4ccccc34)ccc2=O)CC1. The van der Waals surface area contributed by atoms with E-state index >= 15 is 0 Å². The van der Waals surface area contributed by atoms with Gasteiger partial charge < -0.3 is 9.80 Å². The number of piperazine rings is 1. The zero-order chi connectivity index (χ0) is 23.7. The van der Waals surface area contributed by atoms with Crippen molar-refractivity contribution in [3.8, 4) is 11.3 Å². The average molecular weight is 473 g/mol. The van der Waals surface area contributed by atoms with Gasteiger partial charge in [0.1, 0.15) is 6.54 Å². The first-order valence-corrected chi connectivity index (χ1v) is 11.7. The van der Waals surface area contributed by atoms with Crippen molar-refractivity contribution in [1.82, 2.24) is 14.7 Å². The van der Waals surface area contributed by atoms with Gasteiger partial charge in [-0.3, -0.25) is 9.59 Å². The molecule has 1 aliphatic rings. The highest BCUT2D eigenvalue weighted by Gasteiger charge is 2.23. The van der Waals surface area contributed by atoms with Gasteiger partial charge in [0.05, 0.1) is 5.69 Å². The maximum Gasteiger partial charge on any atom is 0.267 e. The van der Waals surface area contributed by atoms with Gasteiger partial charge in [-0.15, -0.1) is 0 Å². The van der Waals surface area contributed by atoms with Gasteiger partial charge in [-0.2, -0.15) is 5.10 Å². The van der Waals surface area contributed by atoms with E-state index in [-0.39, 0.29) is 18.0 Å². The van der Waals surface area contributed by atoms with Crippen molar-refractivity contribution in [1.29, 1.82) is 0 Å². The van der Waals surface area contributed by atoms with Crippen LogP contribution in [0.3, 0.4) is 0 Å². The van der Waals surface area contributed by atoms with E-state index in [1.165, 1.54) is 10.7 Å². The smallest absolute Gasteiger partial charge is 0.267 e. The van der Waals surface area contributed by atoms with E-state index in [9.17, 15) is 9.59 Å². The Bertz CT molecular complexity index is 1420. The fourth-order valence-corrected chi connectivity index (χ4v) is 4.67. The summed E-state index contributed by atoms with van der Waals surface area (Å²) in [5.74, 6) is -0.105. The van der Waals surface area contributed by atoms with Gasteiger partial charge in [-0.05, 0) is 41.5 Å². The molecule has 6 nitrogen and oxygen atoms in total. The highest BCUT2D eigenvalue weighted by molar-refractivity contribution is 6.30. The molecule has 1 amide bonds. The third kappa shape index (κ3) is 4.41. The highest BCUT2D eigenvalue weighted by Crippen LogP contribution is 2.27. The van der Waals surface area contributed by atoms with Gasteiger partial charge in [0.15, 0.2) is 0 Å². The Kier molecular flexibility index (Phi) is 6.07. The van der Waals surface area contributed by atoms with Crippen LogP contribution in [-0.2, 0) is 11.3 Å². The normalized spacial score (nSPS) is 13.9. The molecule has 0 aliphatic carbocycles. The summed E-state index contributed by atoms with van der Waals surface area (Å²) in [6, 6.07) is 23.1. The third-order valence-electron chi connectivity index (χ3n) is 6.36. The van der Waals surface area contributed by atoms with Crippen molar-refractivity contribution < 1.29 is 4.79 Å². The van der Waals surface area contributed by atoms with Crippen molar-refractivity contribution in [3.63, 3.8) is 0 Å². The molecule has 0 radical (unpaired) electrons. The van der Waals surface area contributed by atoms with Crippen LogP contribution >= 0.6 is 11.6 Å². The molecular formula is C27H25ClN4O2. The zero-order valence-corrected chi connectivity index (χ0v) is 19.7. The summed E-state index contributed by atoms with van der Waals surface area (Å²) in [7, 11) is 0. The standard InChI is InChI=1S/C27H25ClN4O2/c1-19-9-10-21(28)17-25(19)30-13-15-31(16-14-30)27(34)18-32-26(33)12-11-24(29-32)23-8-4-6-20-5-2-3-7-22(20)23/h2-12,17H,13-16,18H2,1H3. The van der Waals surface area contributed by atoms with E-state index in [4.69, 9.17) is 11.6 Å². The Balaban J connectivity index is 1.32. The zero-order valence-electron chi connectivity index (χ0n) is 18.9. The molecule has 1 aliphatic heterocycles. The molecule has 0 N–H and O–H groups in total. The number of aromatic nitrogens is 2. The largest absolute Gasteiger partial charge is 0.368 e. The second kappa shape index (κ2) is 9.31. The Morgan fingerprint density at radius 2 is 1.71 bits per heavy atom. The van der Waals surface area contributed by atoms with Crippen LogP contribution in [0.5, 0.6) is 0 Å². The lowest BCUT2D eigenvalue weighted by Gasteiger charge is -2.37. The van der Waals surface area contributed by atoms with Crippen LogP contribution in [0.2, 0.25) is 5.02 Å². The quantitative estimate of drug-likeness (QED) is 0.442. The second-order valence-electron chi connectivity index (χ2n) is 8.54. The molecule has 4 aromatic rings. The Labute approximate surface area is 203 Å². The van der Waals surface area contributed by atoms with Gasteiger partial charge >= 0.3 is 0 Å². The number of aryl methyl sites for hydroxylation is 1. The van der Waals surface area contributed by atoms with Crippen molar-refractivity contribution in [2.45, 2.75) is 13.5 Å². The summed E-state index contributed by atoms with van der Waals surface area (Å²) in [6.45, 7) is 4.58. The number of anilines is 1. The molecule has 1 saturated heterocycles. The van der Waals surface area contributed by atoms with Crippen LogP contribution in [0.4, 0.5) is 5.69 Å². The van der Waals surface area contributed by atoms with Gasteiger partial charge in [-0.25, -0.2) is 4.68 Å². The third-order valence-corrected chi connectivity index (χ3v) is 6.60. The molecule has 3 aromatic carbocycles. The predicted molar refractivity (Wildman–Crippen MR) is 136 cm³/mol. The summed E-state index contributed by atoms with van der Waals surface area (Å²) in [5, 5.41) is 7.40. The Morgan fingerprint density at radius 1 is 0.941 bits per heavy atom. The van der Waals surface area contributed by atoms with Crippen molar-refractivity contribution >= 4 is 34.0 Å². The number of carbonyl (C=O) groups excluding carboxylic acids is 1. The maximum atomic E-state index is 13.0. The number of hydrogen-bond donors (Lipinski definition) is 0. The van der Waals surface area contributed by atoms with Crippen LogP contribution < -0.4 is 10.5 Å². The monoisotopic (exact) mass is 472 g/mol. The molecule has 0 atom stereocenters. The highest BCUT2D eigenvalue weighted by atomic mass is 35.5. The van der Waals surface area contributed by atoms with E-state index in [0.29, 0.717) is 36.9 Å². The van der Waals surface area contributed by atoms with Gasteiger partial charge in [0, 0.05) is 48.5 Å². The molecule has 0 bridgehead atoms. The summed E-state index contributed by atoms with van der Waals surface area (Å²) in [5.41, 5.74) is 3.58. The van der Waals surface area contributed by atoms with Crippen molar-refractivity contribution in [2.24, 2.45) is 0 Å². The summed E-state index contributed by atoms with van der Waals surface area (Å²) >= 11 is 6.18. The Morgan fingerprint density at radius 3 is 2.53 bits per heavy atom. The number of benzene rings is 3. The minimum Gasteiger partial charge on any atom is -0.368 e. The molecule has 1 fully saturated rings. The van der Waals surface area contributed by atoms with E-state index in [1.807, 2.05) is 60.7 Å². The topological polar surface area (TPSA) is 58.4 Å². The van der Waals surface area contributed by atoms with Crippen LogP contribution in [0.15, 0.2) is 77.6 Å². The molecule has 0 unspecified atom stereocenters. The summed E-state index contributed by atoms with van der Waals surface area (Å²) in [4.78, 5) is 29.6. The number of rotatable bonds is 4. The van der Waals surface area contributed by atoms with E-state index in [0.717, 1.165) is 27.6 Å². The predicted octanol–water partition coefficient (Wildman–Crippen LogP) is 4.37. The van der Waals surface area contributed by atoms with Crippen LogP contribution in [0.1, 0.15) is 5.56 Å². The number of halogens is 1. The van der Waals surface area contributed by atoms with Gasteiger partial charge in [0.25, 0.3) is 5.56 Å². The lowest BCUT2D eigenvalue weighted by molar-refractivity contribution is -0.132. The molecule has 2 heterocycles. The minimum absolute atomic E-state index is 0.0758. The number of nitrogens with zero attached hydrogens (tertiary/aromatic N) is 4. The number of hydrogen-bond acceptors (Lipinski definition) is 4. The van der Waals surface area contributed by atoms with Gasteiger partial charge in [-0.1, -0.05) is 60.1 Å². The lowest BCUT2D eigenvalue weighted by Crippen LogP contribution is -2.50. The fourth-order valence-electron chi connectivity index (χ4n) is 4.50. The molecule has 7 heteroatoms.